The van der Waals surface area contributed by atoms with Gasteiger partial charge < -0.3 is 19.5 Å². The molecule has 6 heteroatoms. The zero-order valence-corrected chi connectivity index (χ0v) is 36.1. The number of aliphatic hydroxyl groups excluding tert-OH is 1. The minimum atomic E-state index is 0.0196. The molecule has 0 spiro atoms. The minimum Gasteiger partial charge on any atom is -0.465 e. The Balaban J connectivity index is 0. The van der Waals surface area contributed by atoms with Crippen LogP contribution in [0.15, 0.2) is 0 Å². The Morgan fingerprint density at radius 3 is 1.08 bits per heavy atom. The highest BCUT2D eigenvalue weighted by atomic mass is 16.5. The number of carbonyl (C=O) groups is 2. The molecule has 0 fully saturated rings. The van der Waals surface area contributed by atoms with E-state index < -0.39 is 0 Å². The molecule has 0 bridgehead atoms. The van der Waals surface area contributed by atoms with Crippen molar-refractivity contribution >= 4 is 11.9 Å². The summed E-state index contributed by atoms with van der Waals surface area (Å²) in [6.07, 6.45) is 34.1. The number of ether oxygens (including phenoxy) is 2. The zero-order chi connectivity index (χ0) is 38.8. The highest BCUT2D eigenvalue weighted by Gasteiger charge is 2.20. The first kappa shape index (κ1) is 53.0. The second-order valence-electron chi connectivity index (χ2n) is 15.5. The maximum atomic E-state index is 13.0. The number of aliphatic hydroxyl groups is 1. The molecule has 0 saturated carbocycles. The molecule has 0 heterocycles. The van der Waals surface area contributed by atoms with Crippen molar-refractivity contribution in [1.29, 1.82) is 0 Å². The van der Waals surface area contributed by atoms with Crippen LogP contribution in [0.4, 0.5) is 0 Å². The molecule has 52 heavy (non-hydrogen) atoms. The Morgan fingerprint density at radius 1 is 0.404 bits per heavy atom. The van der Waals surface area contributed by atoms with E-state index in [1.807, 2.05) is 0 Å². The van der Waals surface area contributed by atoms with Crippen molar-refractivity contribution in [2.75, 3.05) is 39.5 Å². The van der Waals surface area contributed by atoms with E-state index in [0.717, 1.165) is 110 Å². The van der Waals surface area contributed by atoms with E-state index in [0.29, 0.717) is 13.2 Å². The zero-order valence-electron chi connectivity index (χ0n) is 36.1. The number of unbranched alkanes of at least 4 members (excludes halogenated alkanes) is 18. The van der Waals surface area contributed by atoms with Crippen LogP contribution in [-0.2, 0) is 19.1 Å². The fraction of sp³-hybridized carbons (Fsp3) is 0.957. The summed E-state index contributed by atoms with van der Waals surface area (Å²) in [4.78, 5) is 28.4. The fourth-order valence-corrected chi connectivity index (χ4v) is 6.62. The molecule has 0 aromatic heterocycles. The number of hydrogen-bond acceptors (Lipinski definition) is 6. The average molecular weight is 740 g/mol. The molecule has 0 aliphatic carbocycles. The van der Waals surface area contributed by atoms with Gasteiger partial charge in [0.05, 0.1) is 25.0 Å². The predicted molar refractivity (Wildman–Crippen MR) is 225 cm³/mol. The third-order valence-electron chi connectivity index (χ3n) is 10.4. The molecule has 0 aromatic rings. The van der Waals surface area contributed by atoms with Gasteiger partial charge in [-0.05, 0) is 83.8 Å². The lowest BCUT2D eigenvalue weighted by atomic mass is 9.94. The molecule has 0 aliphatic heterocycles. The first-order chi connectivity index (χ1) is 25.4. The maximum absolute atomic E-state index is 13.0. The monoisotopic (exact) mass is 740 g/mol. The van der Waals surface area contributed by atoms with Crippen molar-refractivity contribution in [1.82, 2.24) is 4.90 Å². The van der Waals surface area contributed by atoms with E-state index in [1.54, 1.807) is 0 Å². The van der Waals surface area contributed by atoms with Crippen LogP contribution in [0, 0.1) is 11.8 Å². The number of esters is 2. The summed E-state index contributed by atoms with van der Waals surface area (Å²) in [5.41, 5.74) is 0. The summed E-state index contributed by atoms with van der Waals surface area (Å²) in [5, 5.41) is 9.29. The van der Waals surface area contributed by atoms with Gasteiger partial charge in [0.1, 0.15) is 0 Å². The van der Waals surface area contributed by atoms with Gasteiger partial charge in [-0.1, -0.05) is 170 Å². The molecule has 0 aliphatic rings. The normalized spacial score (nSPS) is 12.4. The van der Waals surface area contributed by atoms with Crippen LogP contribution >= 0.6 is 0 Å². The minimum absolute atomic E-state index is 0.0196. The Hall–Kier alpha value is -1.14. The van der Waals surface area contributed by atoms with Crippen molar-refractivity contribution in [2.24, 2.45) is 11.8 Å². The quantitative estimate of drug-likeness (QED) is 0.0500. The van der Waals surface area contributed by atoms with Crippen LogP contribution in [-0.4, -0.2) is 61.4 Å². The number of rotatable bonds is 39. The van der Waals surface area contributed by atoms with Crippen LogP contribution in [0.25, 0.3) is 0 Å². The van der Waals surface area contributed by atoms with Crippen molar-refractivity contribution in [3.05, 3.63) is 0 Å². The highest BCUT2D eigenvalue weighted by Crippen LogP contribution is 2.22. The number of hydrogen-bond donors (Lipinski definition) is 1. The topological polar surface area (TPSA) is 76.1 Å². The van der Waals surface area contributed by atoms with E-state index in [9.17, 15) is 14.7 Å². The lowest BCUT2D eigenvalue weighted by Gasteiger charge is -2.22. The second kappa shape index (κ2) is 44.3. The molecular weight excluding hydrogens is 647 g/mol. The Morgan fingerprint density at radius 2 is 0.712 bits per heavy atom. The van der Waals surface area contributed by atoms with Crippen molar-refractivity contribution < 1.29 is 24.2 Å². The average Bonchev–Trinajstić information content (AvgIpc) is 3.15. The van der Waals surface area contributed by atoms with Crippen molar-refractivity contribution in [3.63, 3.8) is 0 Å². The molecule has 0 aromatic carbocycles. The third-order valence-corrected chi connectivity index (χ3v) is 10.4. The molecule has 0 rings (SSSR count). The van der Waals surface area contributed by atoms with Crippen LogP contribution in [0.1, 0.15) is 234 Å². The molecule has 0 radical (unpaired) electrons. The van der Waals surface area contributed by atoms with Crippen LogP contribution in [0.2, 0.25) is 0 Å². The van der Waals surface area contributed by atoms with E-state index in [2.05, 4.69) is 46.4 Å². The molecule has 0 amide bonds. The van der Waals surface area contributed by atoms with Crippen molar-refractivity contribution in [2.45, 2.75) is 234 Å². The van der Waals surface area contributed by atoms with Gasteiger partial charge in [-0.3, -0.25) is 9.59 Å². The van der Waals surface area contributed by atoms with E-state index in [4.69, 9.17) is 9.47 Å². The summed E-state index contributed by atoms with van der Waals surface area (Å²) >= 11 is 0. The molecule has 6 nitrogen and oxygen atoms in total. The van der Waals surface area contributed by atoms with Crippen LogP contribution in [0.5, 0.6) is 0 Å². The van der Waals surface area contributed by atoms with Gasteiger partial charge >= 0.3 is 11.9 Å². The summed E-state index contributed by atoms with van der Waals surface area (Å²) in [6.45, 7) is 17.5. The van der Waals surface area contributed by atoms with Gasteiger partial charge in [0.15, 0.2) is 0 Å². The fourth-order valence-electron chi connectivity index (χ4n) is 6.62. The molecule has 2 atom stereocenters. The summed E-state index contributed by atoms with van der Waals surface area (Å²) < 4.78 is 11.6. The predicted octanol–water partition coefficient (Wildman–Crippen LogP) is 13.4. The second-order valence-corrected chi connectivity index (χ2v) is 15.5. The molecule has 2 unspecified atom stereocenters. The molecular formula is C46H93NO5. The molecule has 312 valence electrons. The number of carbonyl (C=O) groups excluding carboxylic acids is 2. The van der Waals surface area contributed by atoms with Gasteiger partial charge in [0.2, 0.25) is 0 Å². The summed E-state index contributed by atoms with van der Waals surface area (Å²) in [7, 11) is 0. The maximum Gasteiger partial charge on any atom is 0.308 e. The molecule has 1 N–H and O–H groups in total. The smallest absolute Gasteiger partial charge is 0.308 e. The summed E-state index contributed by atoms with van der Waals surface area (Å²) in [6, 6.07) is 0. The van der Waals surface area contributed by atoms with Gasteiger partial charge in [-0.15, -0.1) is 0 Å². The van der Waals surface area contributed by atoms with E-state index >= 15 is 0 Å². The van der Waals surface area contributed by atoms with Crippen molar-refractivity contribution in [3.8, 4) is 0 Å². The SMILES string of the molecule is CCCC.CCCCCCCCC(CCCCCC)C(=O)OCCCCN(CCCCO)CCCCOC(=O)C(CCCCC)CCCCCCC. The van der Waals surface area contributed by atoms with Gasteiger partial charge in [0.25, 0.3) is 0 Å². The van der Waals surface area contributed by atoms with E-state index in [-0.39, 0.29) is 30.4 Å². The largest absolute Gasteiger partial charge is 0.465 e. The van der Waals surface area contributed by atoms with Crippen LogP contribution in [0.3, 0.4) is 0 Å². The standard InChI is InChI=1S/C42H83NO5.C4H10/c1-5-9-13-16-18-22-32-40(30-20-15-11-7-3)42(46)48-38-28-25-35-43(33-23-26-36-44)34-24-27-37-47-41(45)39(29-19-12-8-4)31-21-17-14-10-6-2;1-3-4-2/h39-40,44H,5-38H2,1-4H3;3-4H2,1-2H3. The van der Waals surface area contributed by atoms with Gasteiger partial charge in [0, 0.05) is 6.61 Å². The van der Waals surface area contributed by atoms with Crippen LogP contribution < -0.4 is 0 Å². The third kappa shape index (κ3) is 37.2. The number of nitrogens with zero attached hydrogens (tertiary/aromatic N) is 1. The van der Waals surface area contributed by atoms with Gasteiger partial charge in [-0.25, -0.2) is 0 Å². The highest BCUT2D eigenvalue weighted by molar-refractivity contribution is 5.72. The first-order valence-electron chi connectivity index (χ1n) is 23.1. The Kier molecular flexibility index (Phi) is 45.1. The first-order valence-corrected chi connectivity index (χ1v) is 23.1. The Labute approximate surface area is 325 Å². The molecule has 0 saturated heterocycles. The van der Waals surface area contributed by atoms with Gasteiger partial charge in [-0.2, -0.15) is 0 Å². The van der Waals surface area contributed by atoms with E-state index in [1.165, 1.54) is 103 Å². The lowest BCUT2D eigenvalue weighted by Crippen LogP contribution is -2.28. The summed E-state index contributed by atoms with van der Waals surface area (Å²) in [5.74, 6) is 0.174. The Bertz CT molecular complexity index is 715. The lowest BCUT2D eigenvalue weighted by molar-refractivity contribution is -0.150.